The van der Waals surface area contributed by atoms with E-state index in [2.05, 4.69) is 15.3 Å². The Hall–Kier alpha value is -1.76. The molecule has 1 saturated heterocycles. The molecule has 18 heavy (non-hydrogen) atoms. The van der Waals surface area contributed by atoms with Gasteiger partial charge in [-0.05, 0) is 0 Å². The molecule has 1 unspecified atom stereocenters. The van der Waals surface area contributed by atoms with E-state index in [1.807, 2.05) is 4.90 Å². The summed E-state index contributed by atoms with van der Waals surface area (Å²) in [6, 6.07) is 0. The molecule has 0 radical (unpaired) electrons. The third-order valence-electron chi connectivity index (χ3n) is 2.61. The Kier molecular flexibility index (Phi) is 4.03. The van der Waals surface area contributed by atoms with Crippen LogP contribution in [0.1, 0.15) is 6.92 Å². The lowest BCUT2D eigenvalue weighted by molar-refractivity contribution is -0.119. The van der Waals surface area contributed by atoms with E-state index in [4.69, 9.17) is 4.74 Å². The number of hydrogen-bond donors (Lipinski definition) is 1. The van der Waals surface area contributed by atoms with Gasteiger partial charge in [-0.3, -0.25) is 4.79 Å². The zero-order valence-electron chi connectivity index (χ0n) is 10.1. The van der Waals surface area contributed by atoms with Gasteiger partial charge in [-0.15, -0.1) is 0 Å². The molecule has 1 aromatic heterocycles. The van der Waals surface area contributed by atoms with Crippen LogP contribution in [0.25, 0.3) is 0 Å². The number of hydrogen-bond acceptors (Lipinski definition) is 5. The van der Waals surface area contributed by atoms with E-state index in [1.54, 1.807) is 0 Å². The number of anilines is 1. The molecule has 0 spiro atoms. The van der Waals surface area contributed by atoms with Crippen LogP contribution in [0, 0.1) is 5.82 Å². The van der Waals surface area contributed by atoms with Crippen molar-refractivity contribution in [2.75, 3.05) is 31.1 Å². The minimum absolute atomic E-state index is 0.0891. The number of amides is 1. The number of nitrogens with one attached hydrogen (secondary N) is 1. The quantitative estimate of drug-likeness (QED) is 0.819. The van der Waals surface area contributed by atoms with E-state index < -0.39 is 5.82 Å². The monoisotopic (exact) mass is 254 g/mol. The van der Waals surface area contributed by atoms with Crippen LogP contribution >= 0.6 is 0 Å². The first-order valence-electron chi connectivity index (χ1n) is 5.73. The van der Waals surface area contributed by atoms with Gasteiger partial charge in [-0.1, -0.05) is 0 Å². The Morgan fingerprint density at radius 2 is 2.33 bits per heavy atom. The Bertz CT molecular complexity index is 412. The van der Waals surface area contributed by atoms with Crippen LogP contribution in [0.5, 0.6) is 0 Å². The molecule has 1 aliphatic heterocycles. The first-order chi connectivity index (χ1) is 8.65. The van der Waals surface area contributed by atoms with E-state index in [-0.39, 0.29) is 12.0 Å². The Morgan fingerprint density at radius 3 is 3.00 bits per heavy atom. The van der Waals surface area contributed by atoms with Gasteiger partial charge in [0.2, 0.25) is 11.9 Å². The molecule has 1 aliphatic rings. The Labute approximate surface area is 104 Å². The summed E-state index contributed by atoms with van der Waals surface area (Å²) in [4.78, 5) is 20.6. The first-order valence-corrected chi connectivity index (χ1v) is 5.73. The van der Waals surface area contributed by atoms with Crippen LogP contribution in [0.4, 0.5) is 10.3 Å². The Morgan fingerprint density at radius 1 is 1.61 bits per heavy atom. The van der Waals surface area contributed by atoms with Crippen molar-refractivity contribution < 1.29 is 13.9 Å². The highest BCUT2D eigenvalue weighted by molar-refractivity contribution is 5.72. The molecule has 1 aromatic rings. The minimum Gasteiger partial charge on any atom is -0.373 e. The largest absolute Gasteiger partial charge is 0.373 e. The van der Waals surface area contributed by atoms with Crippen molar-refractivity contribution in [3.05, 3.63) is 18.2 Å². The predicted octanol–water partition coefficient (Wildman–Crippen LogP) is -0.0430. The third-order valence-corrected chi connectivity index (χ3v) is 2.61. The van der Waals surface area contributed by atoms with Gasteiger partial charge in [-0.25, -0.2) is 14.4 Å². The number of aromatic nitrogens is 2. The molecule has 0 aromatic carbocycles. The van der Waals surface area contributed by atoms with Crippen molar-refractivity contribution in [2.45, 2.75) is 13.0 Å². The third kappa shape index (κ3) is 3.36. The molecule has 6 nitrogen and oxygen atoms in total. The van der Waals surface area contributed by atoms with Gasteiger partial charge < -0.3 is 15.0 Å². The fourth-order valence-corrected chi connectivity index (χ4v) is 1.75. The average Bonchev–Trinajstić information content (AvgIpc) is 2.37. The lowest BCUT2D eigenvalue weighted by atomic mass is 10.2. The molecule has 0 bridgehead atoms. The normalized spacial score (nSPS) is 19.7. The molecule has 1 N–H and O–H groups in total. The van der Waals surface area contributed by atoms with E-state index in [9.17, 15) is 9.18 Å². The number of morpholine rings is 1. The van der Waals surface area contributed by atoms with Crippen molar-refractivity contribution in [3.8, 4) is 0 Å². The van der Waals surface area contributed by atoms with Crippen LogP contribution in [-0.4, -0.2) is 48.2 Å². The molecule has 2 rings (SSSR count). The molecule has 7 heteroatoms. The molecule has 0 aliphatic carbocycles. The van der Waals surface area contributed by atoms with Crippen LogP contribution in [-0.2, 0) is 9.53 Å². The van der Waals surface area contributed by atoms with Crippen molar-refractivity contribution in [3.63, 3.8) is 0 Å². The van der Waals surface area contributed by atoms with Crippen LogP contribution in [0.3, 0.4) is 0 Å². The van der Waals surface area contributed by atoms with Crippen LogP contribution in [0.15, 0.2) is 12.4 Å². The fraction of sp³-hybridized carbons (Fsp3) is 0.545. The highest BCUT2D eigenvalue weighted by Gasteiger charge is 2.22. The number of carbonyl (C=O) groups is 1. The van der Waals surface area contributed by atoms with Crippen LogP contribution in [0.2, 0.25) is 0 Å². The summed E-state index contributed by atoms with van der Waals surface area (Å²) >= 11 is 0. The van der Waals surface area contributed by atoms with Gasteiger partial charge in [0.05, 0.1) is 25.1 Å². The second-order valence-electron chi connectivity index (χ2n) is 4.08. The second kappa shape index (κ2) is 5.72. The van der Waals surface area contributed by atoms with Crippen molar-refractivity contribution in [1.82, 2.24) is 15.3 Å². The SMILES string of the molecule is CC(=O)NCC1CN(c2ncc(F)cn2)CCO1. The highest BCUT2D eigenvalue weighted by atomic mass is 19.1. The number of rotatable bonds is 3. The minimum atomic E-state index is -0.457. The van der Waals surface area contributed by atoms with Crippen molar-refractivity contribution >= 4 is 11.9 Å². The van der Waals surface area contributed by atoms with Gasteiger partial charge in [0, 0.05) is 26.6 Å². The first kappa shape index (κ1) is 12.7. The van der Waals surface area contributed by atoms with E-state index >= 15 is 0 Å². The number of ether oxygens (including phenoxy) is 1. The summed E-state index contributed by atoms with van der Waals surface area (Å²) in [5.74, 6) is -0.0666. The molecule has 1 atom stereocenters. The molecule has 98 valence electrons. The van der Waals surface area contributed by atoms with Crippen LogP contribution < -0.4 is 10.2 Å². The lowest BCUT2D eigenvalue weighted by Crippen LogP contribution is -2.47. The van der Waals surface area contributed by atoms with Crippen molar-refractivity contribution in [2.24, 2.45) is 0 Å². The maximum Gasteiger partial charge on any atom is 0.225 e. The zero-order valence-corrected chi connectivity index (χ0v) is 10.1. The molecule has 0 saturated carbocycles. The van der Waals surface area contributed by atoms with Gasteiger partial charge in [0.25, 0.3) is 0 Å². The molecular weight excluding hydrogens is 239 g/mol. The van der Waals surface area contributed by atoms with Gasteiger partial charge >= 0.3 is 0 Å². The summed E-state index contributed by atoms with van der Waals surface area (Å²) in [6.07, 6.45) is 2.18. The number of carbonyl (C=O) groups excluding carboxylic acids is 1. The van der Waals surface area contributed by atoms with Gasteiger partial charge in [0.15, 0.2) is 5.82 Å². The Balaban J connectivity index is 1.93. The predicted molar refractivity (Wildman–Crippen MR) is 62.6 cm³/mol. The zero-order chi connectivity index (χ0) is 13.0. The molecular formula is C11H15FN4O2. The maximum absolute atomic E-state index is 12.7. The standard InChI is InChI=1S/C11H15FN4O2/c1-8(17)13-6-10-7-16(2-3-18-10)11-14-4-9(12)5-15-11/h4-5,10H,2-3,6-7H2,1H3,(H,13,17). The topological polar surface area (TPSA) is 67.4 Å². The smallest absolute Gasteiger partial charge is 0.225 e. The summed E-state index contributed by atoms with van der Waals surface area (Å²) in [7, 11) is 0. The van der Waals surface area contributed by atoms with Gasteiger partial charge in [-0.2, -0.15) is 0 Å². The average molecular weight is 254 g/mol. The summed E-state index contributed by atoms with van der Waals surface area (Å²) in [6.45, 7) is 3.68. The second-order valence-corrected chi connectivity index (χ2v) is 4.08. The molecule has 1 amide bonds. The lowest BCUT2D eigenvalue weighted by Gasteiger charge is -2.32. The fourth-order valence-electron chi connectivity index (χ4n) is 1.75. The van der Waals surface area contributed by atoms with Crippen molar-refractivity contribution in [1.29, 1.82) is 0 Å². The number of halogens is 1. The van der Waals surface area contributed by atoms with E-state index in [0.717, 1.165) is 12.4 Å². The summed E-state index contributed by atoms with van der Waals surface area (Å²) < 4.78 is 18.2. The summed E-state index contributed by atoms with van der Waals surface area (Å²) in [5, 5.41) is 2.70. The van der Waals surface area contributed by atoms with E-state index in [1.165, 1.54) is 6.92 Å². The van der Waals surface area contributed by atoms with E-state index in [0.29, 0.717) is 32.2 Å². The number of nitrogens with zero attached hydrogens (tertiary/aromatic N) is 3. The van der Waals surface area contributed by atoms with Gasteiger partial charge in [0.1, 0.15) is 0 Å². The summed E-state index contributed by atoms with van der Waals surface area (Å²) in [5.41, 5.74) is 0. The molecule has 2 heterocycles. The highest BCUT2D eigenvalue weighted by Crippen LogP contribution is 2.12. The molecule has 1 fully saturated rings. The maximum atomic E-state index is 12.7.